The summed E-state index contributed by atoms with van der Waals surface area (Å²) in [6, 6.07) is 12.0. The third kappa shape index (κ3) is 7.87. The lowest BCUT2D eigenvalue weighted by Gasteiger charge is -2.46. The van der Waals surface area contributed by atoms with Crippen LogP contribution < -0.4 is 0 Å². The SMILES string of the molecule is CC1Cc2c(cc3c(c2-c2cc(C(C)(C)C)cc(C(C)(C)C)c2)CCC3)C1[Si](C)(CCCCCCOC(C)(C)C)C1C(C)C(C)C(C)C1C. The van der Waals surface area contributed by atoms with Crippen molar-refractivity contribution in [2.75, 3.05) is 6.61 Å². The van der Waals surface area contributed by atoms with Gasteiger partial charge >= 0.3 is 0 Å². The van der Waals surface area contributed by atoms with Crippen molar-refractivity contribution < 1.29 is 4.74 Å². The first-order chi connectivity index (χ1) is 22.6. The summed E-state index contributed by atoms with van der Waals surface area (Å²) in [6.07, 6.45) is 10.4. The molecule has 0 saturated heterocycles. The molecule has 7 atom stereocenters. The molecule has 49 heavy (non-hydrogen) atoms. The molecule has 5 rings (SSSR count). The highest BCUT2D eigenvalue weighted by molar-refractivity contribution is 6.81. The second kappa shape index (κ2) is 14.2. The molecule has 1 nitrogen and oxygen atoms in total. The summed E-state index contributed by atoms with van der Waals surface area (Å²) in [7, 11) is -1.78. The quantitative estimate of drug-likeness (QED) is 0.179. The summed E-state index contributed by atoms with van der Waals surface area (Å²) in [4.78, 5) is 0. The highest BCUT2D eigenvalue weighted by Gasteiger charge is 2.56. The van der Waals surface area contributed by atoms with Crippen molar-refractivity contribution in [3.05, 3.63) is 57.6 Å². The number of hydrogen-bond donors (Lipinski definition) is 0. The second-order valence-electron chi connectivity index (χ2n) is 20.9. The van der Waals surface area contributed by atoms with E-state index in [1.54, 1.807) is 27.8 Å². The van der Waals surface area contributed by atoms with Gasteiger partial charge in [-0.05, 0) is 149 Å². The molecular weight excluding hydrogens is 609 g/mol. The lowest BCUT2D eigenvalue weighted by atomic mass is 9.77. The molecule has 3 aliphatic carbocycles. The molecule has 0 aliphatic heterocycles. The minimum Gasteiger partial charge on any atom is -0.376 e. The highest BCUT2D eigenvalue weighted by Crippen LogP contribution is 2.62. The van der Waals surface area contributed by atoms with Crippen LogP contribution in [0.3, 0.4) is 0 Å². The molecule has 2 aromatic carbocycles. The lowest BCUT2D eigenvalue weighted by molar-refractivity contribution is -0.00471. The number of ether oxygens (including phenoxy) is 1. The van der Waals surface area contributed by atoms with Crippen LogP contribution in [0.4, 0.5) is 0 Å². The molecule has 0 N–H and O–H groups in total. The number of fused-ring (bicyclic) bond motifs is 2. The fourth-order valence-corrected chi connectivity index (χ4v) is 18.7. The topological polar surface area (TPSA) is 9.23 Å². The molecule has 0 aromatic heterocycles. The van der Waals surface area contributed by atoms with Crippen LogP contribution in [0.1, 0.15) is 168 Å². The normalized spacial score (nSPS) is 28.5. The summed E-state index contributed by atoms with van der Waals surface area (Å²) in [6.45, 7) is 37.9. The van der Waals surface area contributed by atoms with Gasteiger partial charge in [0.1, 0.15) is 0 Å². The van der Waals surface area contributed by atoms with Crippen molar-refractivity contribution in [1.29, 1.82) is 0 Å². The Morgan fingerprint density at radius 1 is 0.673 bits per heavy atom. The van der Waals surface area contributed by atoms with E-state index in [9.17, 15) is 0 Å². The fraction of sp³-hybridized carbons (Fsp3) is 0.745. The van der Waals surface area contributed by atoms with Gasteiger partial charge in [-0.3, -0.25) is 0 Å². The zero-order valence-corrected chi connectivity index (χ0v) is 35.8. The van der Waals surface area contributed by atoms with Gasteiger partial charge in [0.15, 0.2) is 0 Å². The molecule has 2 heteroatoms. The zero-order valence-electron chi connectivity index (χ0n) is 34.8. The van der Waals surface area contributed by atoms with Crippen molar-refractivity contribution in [1.82, 2.24) is 0 Å². The first kappa shape index (κ1) is 38.8. The van der Waals surface area contributed by atoms with Gasteiger partial charge in [0.05, 0.1) is 13.7 Å². The van der Waals surface area contributed by atoms with E-state index in [0.29, 0.717) is 0 Å². The van der Waals surface area contributed by atoms with E-state index in [2.05, 4.69) is 128 Å². The predicted molar refractivity (Wildman–Crippen MR) is 218 cm³/mol. The van der Waals surface area contributed by atoms with Gasteiger partial charge in [-0.25, -0.2) is 0 Å². The molecule has 3 aliphatic rings. The number of rotatable bonds is 10. The summed E-state index contributed by atoms with van der Waals surface area (Å²) < 4.78 is 6.09. The van der Waals surface area contributed by atoms with Gasteiger partial charge in [-0.1, -0.05) is 132 Å². The Bertz CT molecular complexity index is 1420. The third-order valence-corrected chi connectivity index (χ3v) is 20.5. The maximum absolute atomic E-state index is 6.09. The van der Waals surface area contributed by atoms with Gasteiger partial charge in [0.2, 0.25) is 0 Å². The summed E-state index contributed by atoms with van der Waals surface area (Å²) in [5, 5.41) is 0. The van der Waals surface area contributed by atoms with E-state index < -0.39 is 8.07 Å². The first-order valence-corrected chi connectivity index (χ1v) is 23.5. The van der Waals surface area contributed by atoms with Gasteiger partial charge in [-0.2, -0.15) is 0 Å². The monoisotopic (exact) mass is 685 g/mol. The molecule has 0 bridgehead atoms. The number of benzene rings is 2. The lowest BCUT2D eigenvalue weighted by Crippen LogP contribution is -2.48. The van der Waals surface area contributed by atoms with Crippen molar-refractivity contribution in [3.63, 3.8) is 0 Å². The van der Waals surface area contributed by atoms with Crippen molar-refractivity contribution in [3.8, 4) is 11.1 Å². The van der Waals surface area contributed by atoms with Crippen LogP contribution in [-0.2, 0) is 34.8 Å². The molecule has 1 fully saturated rings. The average molecular weight is 685 g/mol. The molecule has 274 valence electrons. The number of unbranched alkanes of at least 4 members (excludes halogenated alkanes) is 3. The Morgan fingerprint density at radius 3 is 1.80 bits per heavy atom. The standard InChI is InChI=1S/C47H76OSi/c1-30-25-40-41(28-35-21-20-22-39(35)42(40)36-26-37(45(6,7)8)29-38(27-36)46(9,10)11)43(30)49(15,44-33(4)31(2)32(3)34(44)5)24-19-17-16-18-23-48-47(12,13)14/h26-34,43-44H,16-25H2,1-15H3. The molecule has 7 unspecified atom stereocenters. The van der Waals surface area contributed by atoms with Crippen LogP contribution in [0.2, 0.25) is 18.1 Å². The van der Waals surface area contributed by atoms with Crippen molar-refractivity contribution in [2.45, 2.75) is 188 Å². The van der Waals surface area contributed by atoms with E-state index >= 15 is 0 Å². The van der Waals surface area contributed by atoms with E-state index in [1.807, 2.05) is 0 Å². The van der Waals surface area contributed by atoms with Crippen LogP contribution in [0.5, 0.6) is 0 Å². The zero-order chi connectivity index (χ0) is 36.3. The van der Waals surface area contributed by atoms with Crippen LogP contribution in [0.25, 0.3) is 11.1 Å². The largest absolute Gasteiger partial charge is 0.376 e. The van der Waals surface area contributed by atoms with E-state index in [1.165, 1.54) is 74.1 Å². The van der Waals surface area contributed by atoms with Crippen LogP contribution in [0, 0.1) is 29.6 Å². The van der Waals surface area contributed by atoms with Crippen LogP contribution in [-0.4, -0.2) is 20.3 Å². The van der Waals surface area contributed by atoms with Crippen LogP contribution >= 0.6 is 0 Å². The Morgan fingerprint density at radius 2 is 1.24 bits per heavy atom. The fourth-order valence-electron chi connectivity index (χ4n) is 11.2. The van der Waals surface area contributed by atoms with Gasteiger partial charge in [-0.15, -0.1) is 0 Å². The maximum Gasteiger partial charge on any atom is 0.0622 e. The molecule has 2 aromatic rings. The highest BCUT2D eigenvalue weighted by atomic mass is 28.3. The summed E-state index contributed by atoms with van der Waals surface area (Å²) >= 11 is 0. The van der Waals surface area contributed by atoms with Gasteiger partial charge in [0.25, 0.3) is 0 Å². The molecule has 0 radical (unpaired) electrons. The smallest absolute Gasteiger partial charge is 0.0622 e. The Labute approximate surface area is 305 Å². The van der Waals surface area contributed by atoms with Gasteiger partial charge in [0, 0.05) is 6.61 Å². The maximum atomic E-state index is 6.09. The summed E-state index contributed by atoms with van der Waals surface area (Å²) in [5.41, 5.74) is 15.0. The molecular formula is C47H76OSi. The van der Waals surface area contributed by atoms with Crippen molar-refractivity contribution >= 4 is 8.07 Å². The van der Waals surface area contributed by atoms with Crippen molar-refractivity contribution in [2.24, 2.45) is 29.6 Å². The van der Waals surface area contributed by atoms with Crippen LogP contribution in [0.15, 0.2) is 24.3 Å². The first-order valence-electron chi connectivity index (χ1n) is 20.6. The minimum absolute atomic E-state index is 0.0268. The van der Waals surface area contributed by atoms with E-state index in [0.717, 1.165) is 47.3 Å². The average Bonchev–Trinajstić information content (AvgIpc) is 3.64. The molecule has 0 amide bonds. The molecule has 0 spiro atoms. The summed E-state index contributed by atoms with van der Waals surface area (Å²) in [5.74, 6) is 4.02. The molecule has 1 saturated carbocycles. The second-order valence-corrected chi connectivity index (χ2v) is 25.7. The third-order valence-electron chi connectivity index (χ3n) is 14.2. The molecule has 0 heterocycles. The Balaban J connectivity index is 1.59. The number of hydrogen-bond acceptors (Lipinski definition) is 1. The number of aryl methyl sites for hydroxylation is 1. The minimum atomic E-state index is -1.78. The van der Waals surface area contributed by atoms with E-state index in [-0.39, 0.29) is 16.4 Å². The van der Waals surface area contributed by atoms with Gasteiger partial charge < -0.3 is 4.74 Å². The predicted octanol–water partition coefficient (Wildman–Crippen LogP) is 13.6. The Kier molecular flexibility index (Phi) is 11.3. The Hall–Kier alpha value is -1.38. The van der Waals surface area contributed by atoms with E-state index in [4.69, 9.17) is 4.74 Å².